The third kappa shape index (κ3) is 3.62. The average Bonchev–Trinajstić information content (AvgIpc) is 3.03. The van der Waals surface area contributed by atoms with Gasteiger partial charge in [0.15, 0.2) is 0 Å². The molecule has 2 aromatic rings. The normalized spacial score (nSPS) is 15.1. The van der Waals surface area contributed by atoms with Gasteiger partial charge in [-0.1, -0.05) is 18.2 Å². The molecular weight excluding hydrogens is 322 g/mol. The Kier molecular flexibility index (Phi) is 4.92. The molecule has 128 valence electrons. The molecule has 5 heteroatoms. The number of sulfonamides is 1. The van der Waals surface area contributed by atoms with Crippen LogP contribution < -0.4 is 9.46 Å². The molecule has 0 heterocycles. The predicted molar refractivity (Wildman–Crippen MR) is 94.8 cm³/mol. The minimum Gasteiger partial charge on any atom is -0.494 e. The van der Waals surface area contributed by atoms with E-state index in [1.807, 2.05) is 19.9 Å². The summed E-state index contributed by atoms with van der Waals surface area (Å²) in [5.74, 6) is 0.670. The van der Waals surface area contributed by atoms with Gasteiger partial charge in [0.25, 0.3) is 0 Å². The number of fused-ring (bicyclic) bond motifs is 1. The minimum absolute atomic E-state index is 0.249. The van der Waals surface area contributed by atoms with Crippen LogP contribution in [0.15, 0.2) is 47.4 Å². The van der Waals surface area contributed by atoms with Crippen molar-refractivity contribution in [3.05, 3.63) is 59.2 Å². The van der Waals surface area contributed by atoms with Gasteiger partial charge < -0.3 is 4.74 Å². The van der Waals surface area contributed by atoms with Crippen molar-refractivity contribution in [1.82, 2.24) is 4.72 Å². The highest BCUT2D eigenvalue weighted by Crippen LogP contribution is 2.26. The van der Waals surface area contributed by atoms with Crippen molar-refractivity contribution in [2.24, 2.45) is 0 Å². The van der Waals surface area contributed by atoms with E-state index in [2.05, 4.69) is 16.9 Å². The van der Waals surface area contributed by atoms with E-state index in [-0.39, 0.29) is 10.9 Å². The number of rotatable bonds is 6. The topological polar surface area (TPSA) is 55.4 Å². The summed E-state index contributed by atoms with van der Waals surface area (Å²) < 4.78 is 33.2. The molecule has 0 unspecified atom stereocenters. The number of hydrogen-bond donors (Lipinski definition) is 1. The van der Waals surface area contributed by atoms with Crippen molar-refractivity contribution in [1.29, 1.82) is 0 Å². The highest BCUT2D eigenvalue weighted by atomic mass is 32.2. The zero-order valence-corrected chi connectivity index (χ0v) is 14.9. The fourth-order valence-electron chi connectivity index (χ4n) is 3.11. The van der Waals surface area contributed by atoms with Crippen LogP contribution in [0.3, 0.4) is 0 Å². The highest BCUT2D eigenvalue weighted by molar-refractivity contribution is 7.89. The maximum Gasteiger partial charge on any atom is 0.241 e. The quantitative estimate of drug-likeness (QED) is 0.870. The Morgan fingerprint density at radius 2 is 1.79 bits per heavy atom. The molecular formula is C19H23NO3S. The summed E-state index contributed by atoms with van der Waals surface area (Å²) in [5.41, 5.74) is 3.74. The number of aryl methyl sites for hydroxylation is 2. The Morgan fingerprint density at radius 3 is 2.50 bits per heavy atom. The summed E-state index contributed by atoms with van der Waals surface area (Å²) >= 11 is 0. The molecule has 0 fully saturated rings. The van der Waals surface area contributed by atoms with E-state index in [0.717, 1.165) is 18.4 Å². The summed E-state index contributed by atoms with van der Waals surface area (Å²) in [6.07, 6.45) is 3.40. The van der Waals surface area contributed by atoms with E-state index in [9.17, 15) is 8.42 Å². The zero-order chi connectivity index (χ0) is 17.2. The molecule has 0 radical (unpaired) electrons. The molecule has 0 saturated carbocycles. The van der Waals surface area contributed by atoms with Crippen LogP contribution in [0.5, 0.6) is 5.75 Å². The fourth-order valence-corrected chi connectivity index (χ4v) is 4.34. The molecule has 24 heavy (non-hydrogen) atoms. The second-order valence-electron chi connectivity index (χ2n) is 6.13. The number of hydrogen-bond acceptors (Lipinski definition) is 3. The standard InChI is InChI=1S/C19H23NO3S/c1-3-23-18-9-11-19(12-10-18)24(21,22)20-14(2)16-8-7-15-5-4-6-17(15)13-16/h7-14,20H,3-6H2,1-2H3/t14-/m1/s1. The van der Waals surface area contributed by atoms with Crippen molar-refractivity contribution in [3.8, 4) is 5.75 Å². The van der Waals surface area contributed by atoms with E-state index in [4.69, 9.17) is 4.74 Å². The number of ether oxygens (including phenoxy) is 1. The van der Waals surface area contributed by atoms with Gasteiger partial charge in [0, 0.05) is 6.04 Å². The molecule has 1 atom stereocenters. The van der Waals surface area contributed by atoms with Crippen molar-refractivity contribution in [2.45, 2.75) is 44.0 Å². The molecule has 0 amide bonds. The lowest BCUT2D eigenvalue weighted by molar-refractivity contribution is 0.340. The molecule has 1 N–H and O–H groups in total. The molecule has 2 aromatic carbocycles. The Morgan fingerprint density at radius 1 is 1.08 bits per heavy atom. The van der Waals surface area contributed by atoms with Gasteiger partial charge in [0.05, 0.1) is 11.5 Å². The van der Waals surface area contributed by atoms with Crippen molar-refractivity contribution >= 4 is 10.0 Å². The Balaban J connectivity index is 1.76. The van der Waals surface area contributed by atoms with E-state index in [1.54, 1.807) is 24.3 Å². The summed E-state index contributed by atoms with van der Waals surface area (Å²) in [6, 6.07) is 12.5. The summed E-state index contributed by atoms with van der Waals surface area (Å²) in [6.45, 7) is 4.33. The summed E-state index contributed by atoms with van der Waals surface area (Å²) in [5, 5.41) is 0. The van der Waals surface area contributed by atoms with Crippen LogP contribution in [-0.4, -0.2) is 15.0 Å². The molecule has 0 saturated heterocycles. The average molecular weight is 345 g/mol. The van der Waals surface area contributed by atoms with Crippen molar-refractivity contribution in [3.63, 3.8) is 0 Å². The van der Waals surface area contributed by atoms with Gasteiger partial charge in [-0.3, -0.25) is 0 Å². The van der Waals surface area contributed by atoms with Crippen LogP contribution in [-0.2, 0) is 22.9 Å². The van der Waals surface area contributed by atoms with Gasteiger partial charge >= 0.3 is 0 Å². The lowest BCUT2D eigenvalue weighted by atomic mass is 10.0. The van der Waals surface area contributed by atoms with Gasteiger partial charge in [-0.15, -0.1) is 0 Å². The lowest BCUT2D eigenvalue weighted by Gasteiger charge is -2.16. The number of benzene rings is 2. The number of nitrogens with one attached hydrogen (secondary N) is 1. The third-order valence-electron chi connectivity index (χ3n) is 4.40. The van der Waals surface area contributed by atoms with E-state index in [0.29, 0.717) is 12.4 Å². The van der Waals surface area contributed by atoms with Gasteiger partial charge in [0.2, 0.25) is 10.0 Å². The second-order valence-corrected chi connectivity index (χ2v) is 7.84. The maximum absolute atomic E-state index is 12.6. The van der Waals surface area contributed by atoms with Crippen molar-refractivity contribution < 1.29 is 13.2 Å². The lowest BCUT2D eigenvalue weighted by Crippen LogP contribution is -2.27. The van der Waals surface area contributed by atoms with Crippen LogP contribution in [0, 0.1) is 0 Å². The Labute approximate surface area is 143 Å². The summed E-state index contributed by atoms with van der Waals surface area (Å²) in [4.78, 5) is 0.249. The monoisotopic (exact) mass is 345 g/mol. The minimum atomic E-state index is -3.56. The van der Waals surface area contributed by atoms with E-state index in [1.165, 1.54) is 17.5 Å². The van der Waals surface area contributed by atoms with Crippen LogP contribution in [0.2, 0.25) is 0 Å². The Hall–Kier alpha value is -1.85. The second kappa shape index (κ2) is 6.95. The smallest absolute Gasteiger partial charge is 0.241 e. The fraction of sp³-hybridized carbons (Fsp3) is 0.368. The first-order valence-electron chi connectivity index (χ1n) is 8.36. The molecule has 3 rings (SSSR count). The molecule has 1 aliphatic rings. The maximum atomic E-state index is 12.6. The van der Waals surface area contributed by atoms with Crippen LogP contribution >= 0.6 is 0 Å². The van der Waals surface area contributed by atoms with Gasteiger partial charge in [-0.05, 0) is 74.1 Å². The molecule has 0 aliphatic heterocycles. The first kappa shape index (κ1) is 17.0. The van der Waals surface area contributed by atoms with Crippen molar-refractivity contribution in [2.75, 3.05) is 6.61 Å². The molecule has 4 nitrogen and oxygen atoms in total. The van der Waals surface area contributed by atoms with Crippen LogP contribution in [0.25, 0.3) is 0 Å². The predicted octanol–water partition coefficient (Wildman–Crippen LogP) is 3.61. The van der Waals surface area contributed by atoms with E-state index < -0.39 is 10.0 Å². The Bertz CT molecular complexity index is 813. The molecule has 0 spiro atoms. The van der Waals surface area contributed by atoms with Gasteiger partial charge in [-0.25, -0.2) is 13.1 Å². The first-order valence-corrected chi connectivity index (χ1v) is 9.85. The van der Waals surface area contributed by atoms with Crippen LogP contribution in [0.4, 0.5) is 0 Å². The third-order valence-corrected chi connectivity index (χ3v) is 5.96. The SMILES string of the molecule is CCOc1ccc(S(=O)(=O)N[C@H](C)c2ccc3c(c2)CCC3)cc1. The largest absolute Gasteiger partial charge is 0.494 e. The molecule has 1 aliphatic carbocycles. The van der Waals surface area contributed by atoms with Gasteiger partial charge in [-0.2, -0.15) is 0 Å². The first-order chi connectivity index (χ1) is 11.5. The van der Waals surface area contributed by atoms with E-state index >= 15 is 0 Å². The summed E-state index contributed by atoms with van der Waals surface area (Å²) in [7, 11) is -3.56. The molecule has 0 aromatic heterocycles. The zero-order valence-electron chi connectivity index (χ0n) is 14.1. The van der Waals surface area contributed by atoms with Gasteiger partial charge in [0.1, 0.15) is 5.75 Å². The molecule has 0 bridgehead atoms. The highest BCUT2D eigenvalue weighted by Gasteiger charge is 2.20. The van der Waals surface area contributed by atoms with Crippen LogP contribution in [0.1, 0.15) is 43.0 Å².